The van der Waals surface area contributed by atoms with Crippen LogP contribution in [0.4, 0.5) is 5.69 Å². The Labute approximate surface area is 109 Å². The molecule has 0 aliphatic carbocycles. The van der Waals surface area contributed by atoms with Crippen molar-refractivity contribution < 1.29 is 8.42 Å². The first-order chi connectivity index (χ1) is 8.48. The number of para-hydroxylation sites is 1. The van der Waals surface area contributed by atoms with E-state index in [1.807, 2.05) is 12.1 Å². The Kier molecular flexibility index (Phi) is 3.92. The minimum Gasteiger partial charge on any atom is -0.380 e. The van der Waals surface area contributed by atoms with E-state index in [-0.39, 0.29) is 6.04 Å². The number of anilines is 1. The molecule has 4 nitrogen and oxygen atoms in total. The van der Waals surface area contributed by atoms with E-state index >= 15 is 0 Å². The standard InChI is InChI=1S/C13H20N2O2S/c1-10-11(7-5-9-14-10)15-12-6-3-4-8-13(12)18(2,16)17/h3-4,6,8,10-11,14-15H,5,7,9H2,1-2H3. The zero-order valence-corrected chi connectivity index (χ0v) is 11.6. The van der Waals surface area contributed by atoms with Crippen LogP contribution in [0.1, 0.15) is 19.8 Å². The molecular formula is C13H20N2O2S. The van der Waals surface area contributed by atoms with E-state index in [9.17, 15) is 8.42 Å². The maximum Gasteiger partial charge on any atom is 0.177 e. The number of sulfone groups is 1. The van der Waals surface area contributed by atoms with Crippen LogP contribution in [0.3, 0.4) is 0 Å². The molecule has 0 aromatic heterocycles. The molecule has 1 aliphatic heterocycles. The predicted molar refractivity (Wildman–Crippen MR) is 73.7 cm³/mol. The van der Waals surface area contributed by atoms with Crippen LogP contribution in [0.2, 0.25) is 0 Å². The van der Waals surface area contributed by atoms with Gasteiger partial charge in [-0.25, -0.2) is 8.42 Å². The molecule has 2 rings (SSSR count). The Bertz CT molecular complexity index is 513. The van der Waals surface area contributed by atoms with Crippen molar-refractivity contribution in [3.63, 3.8) is 0 Å². The Balaban J connectivity index is 2.24. The average Bonchev–Trinajstić information content (AvgIpc) is 2.31. The molecule has 1 aliphatic rings. The fourth-order valence-corrected chi connectivity index (χ4v) is 3.20. The summed E-state index contributed by atoms with van der Waals surface area (Å²) in [6.45, 7) is 3.16. The zero-order chi connectivity index (χ0) is 13.2. The van der Waals surface area contributed by atoms with E-state index in [1.54, 1.807) is 12.1 Å². The van der Waals surface area contributed by atoms with Crippen LogP contribution in [0.15, 0.2) is 29.2 Å². The van der Waals surface area contributed by atoms with Gasteiger partial charge in [0.1, 0.15) is 0 Å². The maximum atomic E-state index is 11.7. The number of rotatable bonds is 3. The van der Waals surface area contributed by atoms with Crippen molar-refractivity contribution in [3.05, 3.63) is 24.3 Å². The molecule has 2 unspecified atom stereocenters. The molecule has 0 radical (unpaired) electrons. The van der Waals surface area contributed by atoms with E-state index in [4.69, 9.17) is 0 Å². The van der Waals surface area contributed by atoms with Gasteiger partial charge < -0.3 is 10.6 Å². The lowest BCUT2D eigenvalue weighted by atomic mass is 9.99. The van der Waals surface area contributed by atoms with Crippen molar-refractivity contribution in [3.8, 4) is 0 Å². The SMILES string of the molecule is CC1NCCCC1Nc1ccccc1S(C)(=O)=O. The normalized spacial score (nSPS) is 24.8. The first-order valence-electron chi connectivity index (χ1n) is 6.27. The third-order valence-corrected chi connectivity index (χ3v) is 4.54. The number of hydrogen-bond donors (Lipinski definition) is 2. The summed E-state index contributed by atoms with van der Waals surface area (Å²) in [5.74, 6) is 0. The Hall–Kier alpha value is -1.07. The van der Waals surface area contributed by atoms with Gasteiger partial charge in [0.05, 0.1) is 10.6 Å². The predicted octanol–water partition coefficient (Wildman–Crippen LogP) is 1.64. The lowest BCUT2D eigenvalue weighted by Crippen LogP contribution is -2.46. The van der Waals surface area contributed by atoms with Crippen molar-refractivity contribution in [2.75, 3.05) is 18.1 Å². The van der Waals surface area contributed by atoms with Crippen molar-refractivity contribution in [2.24, 2.45) is 0 Å². The molecule has 2 N–H and O–H groups in total. The summed E-state index contributed by atoms with van der Waals surface area (Å²) < 4.78 is 23.4. The molecule has 18 heavy (non-hydrogen) atoms. The highest BCUT2D eigenvalue weighted by atomic mass is 32.2. The van der Waals surface area contributed by atoms with Crippen LogP contribution in [-0.2, 0) is 9.84 Å². The molecule has 0 amide bonds. The highest BCUT2D eigenvalue weighted by Crippen LogP contribution is 2.23. The minimum atomic E-state index is -3.18. The second-order valence-corrected chi connectivity index (χ2v) is 6.89. The Morgan fingerprint density at radius 2 is 2.06 bits per heavy atom. The number of piperidine rings is 1. The fraction of sp³-hybridized carbons (Fsp3) is 0.538. The molecule has 1 aromatic rings. The van der Waals surface area contributed by atoms with E-state index in [0.29, 0.717) is 16.6 Å². The summed E-state index contributed by atoms with van der Waals surface area (Å²) in [4.78, 5) is 0.378. The van der Waals surface area contributed by atoms with Gasteiger partial charge in [-0.15, -0.1) is 0 Å². The van der Waals surface area contributed by atoms with E-state index in [0.717, 1.165) is 19.4 Å². The van der Waals surface area contributed by atoms with E-state index in [1.165, 1.54) is 6.26 Å². The van der Waals surface area contributed by atoms with Crippen LogP contribution in [0.5, 0.6) is 0 Å². The molecular weight excluding hydrogens is 248 g/mol. The third kappa shape index (κ3) is 3.03. The Morgan fingerprint density at radius 3 is 2.72 bits per heavy atom. The van der Waals surface area contributed by atoms with Gasteiger partial charge in [-0.05, 0) is 38.4 Å². The van der Waals surface area contributed by atoms with Crippen LogP contribution >= 0.6 is 0 Å². The highest BCUT2D eigenvalue weighted by molar-refractivity contribution is 7.90. The molecule has 1 saturated heterocycles. The lowest BCUT2D eigenvalue weighted by Gasteiger charge is -2.31. The van der Waals surface area contributed by atoms with Crippen molar-refractivity contribution in [2.45, 2.75) is 36.7 Å². The molecule has 1 fully saturated rings. The van der Waals surface area contributed by atoms with Gasteiger partial charge in [0, 0.05) is 18.3 Å². The molecule has 0 saturated carbocycles. The summed E-state index contributed by atoms with van der Waals surface area (Å²) in [5, 5.41) is 6.76. The van der Waals surface area contributed by atoms with E-state index in [2.05, 4.69) is 17.6 Å². The second kappa shape index (κ2) is 5.28. The smallest absolute Gasteiger partial charge is 0.177 e. The monoisotopic (exact) mass is 268 g/mol. The first-order valence-corrected chi connectivity index (χ1v) is 8.16. The van der Waals surface area contributed by atoms with Crippen molar-refractivity contribution >= 4 is 15.5 Å². The maximum absolute atomic E-state index is 11.7. The minimum absolute atomic E-state index is 0.279. The highest BCUT2D eigenvalue weighted by Gasteiger charge is 2.22. The van der Waals surface area contributed by atoms with Crippen molar-refractivity contribution in [1.29, 1.82) is 0 Å². The van der Waals surface area contributed by atoms with Crippen LogP contribution in [0.25, 0.3) is 0 Å². The summed E-state index contributed by atoms with van der Waals surface area (Å²) in [7, 11) is -3.18. The van der Waals surface area contributed by atoms with Crippen LogP contribution in [0, 0.1) is 0 Å². The topological polar surface area (TPSA) is 58.2 Å². The average molecular weight is 268 g/mol. The molecule has 0 spiro atoms. The van der Waals surface area contributed by atoms with Gasteiger partial charge in [0.25, 0.3) is 0 Å². The summed E-state index contributed by atoms with van der Waals surface area (Å²) in [6, 6.07) is 7.73. The third-order valence-electron chi connectivity index (χ3n) is 3.39. The van der Waals surface area contributed by atoms with E-state index < -0.39 is 9.84 Å². The van der Waals surface area contributed by atoms with Crippen LogP contribution < -0.4 is 10.6 Å². The van der Waals surface area contributed by atoms with Crippen molar-refractivity contribution in [1.82, 2.24) is 5.32 Å². The number of nitrogens with one attached hydrogen (secondary N) is 2. The summed E-state index contributed by atoms with van der Waals surface area (Å²) >= 11 is 0. The first kappa shape index (κ1) is 13.4. The molecule has 1 heterocycles. The van der Waals surface area contributed by atoms with Gasteiger partial charge >= 0.3 is 0 Å². The molecule has 2 atom stereocenters. The summed E-state index contributed by atoms with van der Waals surface area (Å²) in [5.41, 5.74) is 0.709. The second-order valence-electron chi connectivity index (χ2n) is 4.90. The fourth-order valence-electron chi connectivity index (χ4n) is 2.35. The van der Waals surface area contributed by atoms with Gasteiger partial charge in [0.15, 0.2) is 9.84 Å². The lowest BCUT2D eigenvalue weighted by molar-refractivity contribution is 0.389. The van der Waals surface area contributed by atoms with Gasteiger partial charge in [0.2, 0.25) is 0 Å². The molecule has 1 aromatic carbocycles. The largest absolute Gasteiger partial charge is 0.380 e. The zero-order valence-electron chi connectivity index (χ0n) is 10.8. The summed E-state index contributed by atoms with van der Waals surface area (Å²) in [6.07, 6.45) is 3.42. The molecule has 100 valence electrons. The molecule has 5 heteroatoms. The Morgan fingerprint density at radius 1 is 1.33 bits per heavy atom. The number of benzene rings is 1. The van der Waals surface area contributed by atoms with Gasteiger partial charge in [-0.3, -0.25) is 0 Å². The van der Waals surface area contributed by atoms with Crippen LogP contribution in [-0.4, -0.2) is 33.3 Å². The number of hydrogen-bond acceptors (Lipinski definition) is 4. The van der Waals surface area contributed by atoms with Gasteiger partial charge in [-0.1, -0.05) is 12.1 Å². The molecule has 0 bridgehead atoms. The van der Waals surface area contributed by atoms with Gasteiger partial charge in [-0.2, -0.15) is 0 Å². The quantitative estimate of drug-likeness (QED) is 0.875.